The number of methoxy groups -OCH3 is 1. The van der Waals surface area contributed by atoms with E-state index >= 15 is 0 Å². The second kappa shape index (κ2) is 16.0. The maximum atomic E-state index is 12.6. The third kappa shape index (κ3) is 8.78. The van der Waals surface area contributed by atoms with Crippen molar-refractivity contribution < 1.29 is 38.1 Å². The minimum absolute atomic E-state index is 0.184. The highest BCUT2D eigenvalue weighted by molar-refractivity contribution is 5.95. The molecule has 0 aliphatic carbocycles. The molecule has 3 amide bonds. The van der Waals surface area contributed by atoms with Crippen LogP contribution in [0.1, 0.15) is 49.1 Å². The number of amides is 3. The summed E-state index contributed by atoms with van der Waals surface area (Å²) in [5.41, 5.74) is 6.57. The average molecular weight is 631 g/mol. The molecule has 3 N–H and O–H groups in total. The molecule has 3 aromatic rings. The Bertz CT molecular complexity index is 1640. The quantitative estimate of drug-likeness (QED) is 0.132. The van der Waals surface area contributed by atoms with Crippen LogP contribution in [0.5, 0.6) is 23.0 Å². The van der Waals surface area contributed by atoms with Crippen LogP contribution in [-0.2, 0) is 20.9 Å². The van der Waals surface area contributed by atoms with E-state index in [1.807, 2.05) is 38.1 Å². The van der Waals surface area contributed by atoms with Gasteiger partial charge in [0.1, 0.15) is 6.61 Å². The molecule has 242 valence electrons. The van der Waals surface area contributed by atoms with Crippen molar-refractivity contribution in [2.45, 2.75) is 40.3 Å². The van der Waals surface area contributed by atoms with Gasteiger partial charge in [-0.1, -0.05) is 35.9 Å². The molecule has 0 fully saturated rings. The predicted molar refractivity (Wildman–Crippen MR) is 171 cm³/mol. The lowest BCUT2D eigenvalue weighted by Crippen LogP contribution is -2.45. The van der Waals surface area contributed by atoms with Gasteiger partial charge in [0.15, 0.2) is 29.6 Å². The number of ether oxygens (including phenoxy) is 5. The van der Waals surface area contributed by atoms with Gasteiger partial charge in [0, 0.05) is 5.70 Å². The zero-order valence-corrected chi connectivity index (χ0v) is 26.5. The number of hydrogen-bond acceptors (Lipinski definition) is 9. The lowest BCUT2D eigenvalue weighted by Gasteiger charge is -2.28. The molecule has 1 atom stereocenters. The SMILES string of the molecule is CCOC(=O)C1=C(C)NC(=O)N[C@H]1c1ccc(OCC(=O)N/N=C\c2ccc(OCc3cccc(C)c3)c(OCC)c2)c(OC)c1. The van der Waals surface area contributed by atoms with Crippen molar-refractivity contribution in [1.82, 2.24) is 16.1 Å². The van der Waals surface area contributed by atoms with E-state index in [0.717, 1.165) is 11.1 Å². The number of nitrogens with one attached hydrogen (secondary N) is 3. The van der Waals surface area contributed by atoms with E-state index in [0.29, 0.717) is 47.3 Å². The predicted octanol–water partition coefficient (Wildman–Crippen LogP) is 4.70. The smallest absolute Gasteiger partial charge is 0.338 e. The van der Waals surface area contributed by atoms with Crippen LogP contribution in [0, 0.1) is 6.92 Å². The fourth-order valence-electron chi connectivity index (χ4n) is 4.72. The molecule has 12 nitrogen and oxygen atoms in total. The van der Waals surface area contributed by atoms with Crippen LogP contribution in [0.25, 0.3) is 0 Å². The minimum Gasteiger partial charge on any atom is -0.493 e. The minimum atomic E-state index is -0.773. The monoisotopic (exact) mass is 630 g/mol. The number of hydrazone groups is 1. The lowest BCUT2D eigenvalue weighted by atomic mass is 9.95. The Kier molecular flexibility index (Phi) is 11.6. The second-order valence-electron chi connectivity index (χ2n) is 10.2. The number of carbonyl (C=O) groups is 3. The highest BCUT2D eigenvalue weighted by atomic mass is 16.5. The van der Waals surface area contributed by atoms with Crippen molar-refractivity contribution in [3.8, 4) is 23.0 Å². The van der Waals surface area contributed by atoms with Crippen molar-refractivity contribution in [3.63, 3.8) is 0 Å². The first kappa shape index (κ1) is 33.4. The molecule has 0 aromatic heterocycles. The maximum absolute atomic E-state index is 12.6. The van der Waals surface area contributed by atoms with Gasteiger partial charge in [0.25, 0.3) is 5.91 Å². The number of hydrogen-bond donors (Lipinski definition) is 3. The van der Waals surface area contributed by atoms with Gasteiger partial charge < -0.3 is 34.3 Å². The Labute approximate surface area is 267 Å². The molecule has 0 saturated carbocycles. The van der Waals surface area contributed by atoms with E-state index in [2.05, 4.69) is 27.2 Å². The van der Waals surface area contributed by atoms with Crippen LogP contribution in [0.3, 0.4) is 0 Å². The average Bonchev–Trinajstić information content (AvgIpc) is 3.03. The van der Waals surface area contributed by atoms with E-state index in [1.165, 1.54) is 13.3 Å². The van der Waals surface area contributed by atoms with E-state index < -0.39 is 23.9 Å². The van der Waals surface area contributed by atoms with Crippen LogP contribution < -0.4 is 35.0 Å². The molecule has 0 unspecified atom stereocenters. The number of benzene rings is 3. The number of nitrogens with zero attached hydrogens (tertiary/aromatic N) is 1. The molecule has 4 rings (SSSR count). The maximum Gasteiger partial charge on any atom is 0.338 e. The topological polar surface area (TPSA) is 146 Å². The number of allylic oxidation sites excluding steroid dienone is 1. The van der Waals surface area contributed by atoms with Crippen molar-refractivity contribution in [2.75, 3.05) is 26.9 Å². The Morgan fingerprint density at radius 3 is 2.43 bits per heavy atom. The largest absolute Gasteiger partial charge is 0.493 e. The van der Waals surface area contributed by atoms with Gasteiger partial charge in [-0.05, 0) is 74.7 Å². The number of carbonyl (C=O) groups excluding carboxylic acids is 3. The van der Waals surface area contributed by atoms with E-state index in [4.69, 9.17) is 23.7 Å². The van der Waals surface area contributed by atoms with Crippen LogP contribution >= 0.6 is 0 Å². The number of aryl methyl sites for hydroxylation is 1. The molecule has 0 radical (unpaired) electrons. The normalized spacial score (nSPS) is 14.3. The summed E-state index contributed by atoms with van der Waals surface area (Å²) in [6, 6.07) is 17.1. The zero-order chi connectivity index (χ0) is 33.1. The van der Waals surface area contributed by atoms with Gasteiger partial charge >= 0.3 is 12.0 Å². The molecule has 46 heavy (non-hydrogen) atoms. The van der Waals surface area contributed by atoms with Crippen LogP contribution in [0.15, 0.2) is 77.0 Å². The summed E-state index contributed by atoms with van der Waals surface area (Å²) in [6.07, 6.45) is 1.49. The van der Waals surface area contributed by atoms with E-state index in [-0.39, 0.29) is 24.5 Å². The van der Waals surface area contributed by atoms with Gasteiger partial charge in [0.2, 0.25) is 0 Å². The van der Waals surface area contributed by atoms with E-state index in [1.54, 1.807) is 44.2 Å². The molecular formula is C34H38N4O8. The van der Waals surface area contributed by atoms with Crippen molar-refractivity contribution in [2.24, 2.45) is 5.10 Å². The molecule has 1 aliphatic heterocycles. The standard InChI is InChI=1S/C34H38N4O8/c1-6-43-29-16-23(11-13-27(29)45-19-24-10-8-9-21(3)15-24)18-35-38-30(39)20-46-26-14-12-25(17-28(26)42-5)32-31(33(40)44-7-2)22(4)36-34(41)37-32/h8-18,32H,6-7,19-20H2,1-5H3,(H,38,39)(H2,36,37,41)/b35-18-/t32-/m0/s1. The van der Waals surface area contributed by atoms with Crippen LogP contribution in [0.2, 0.25) is 0 Å². The zero-order valence-electron chi connectivity index (χ0n) is 26.5. The number of rotatable bonds is 14. The summed E-state index contributed by atoms with van der Waals surface area (Å²) < 4.78 is 28.1. The highest BCUT2D eigenvalue weighted by Crippen LogP contribution is 2.34. The van der Waals surface area contributed by atoms with Gasteiger partial charge in [0.05, 0.1) is 38.2 Å². The summed E-state index contributed by atoms with van der Waals surface area (Å²) in [5.74, 6) is 0.698. The first-order chi connectivity index (χ1) is 22.2. The molecule has 1 heterocycles. The van der Waals surface area contributed by atoms with E-state index in [9.17, 15) is 14.4 Å². The fourth-order valence-corrected chi connectivity index (χ4v) is 4.72. The Balaban J connectivity index is 1.36. The number of urea groups is 1. The molecule has 3 aromatic carbocycles. The fraction of sp³-hybridized carbons (Fsp3) is 0.294. The van der Waals surface area contributed by atoms with Crippen molar-refractivity contribution in [3.05, 3.63) is 94.2 Å². The van der Waals surface area contributed by atoms with Gasteiger partial charge in [-0.15, -0.1) is 0 Å². The summed E-state index contributed by atoms with van der Waals surface area (Å²) in [6.45, 7) is 7.94. The first-order valence-electron chi connectivity index (χ1n) is 14.8. The summed E-state index contributed by atoms with van der Waals surface area (Å²) in [5, 5.41) is 9.37. The highest BCUT2D eigenvalue weighted by Gasteiger charge is 2.32. The van der Waals surface area contributed by atoms with Crippen LogP contribution in [-0.4, -0.2) is 51.1 Å². The summed E-state index contributed by atoms with van der Waals surface area (Å²) in [7, 11) is 1.44. The molecule has 0 bridgehead atoms. The second-order valence-corrected chi connectivity index (χ2v) is 10.2. The lowest BCUT2D eigenvalue weighted by molar-refractivity contribution is -0.139. The van der Waals surface area contributed by atoms with Crippen molar-refractivity contribution in [1.29, 1.82) is 0 Å². The Morgan fingerprint density at radius 1 is 0.913 bits per heavy atom. The first-order valence-corrected chi connectivity index (χ1v) is 14.8. The summed E-state index contributed by atoms with van der Waals surface area (Å²) in [4.78, 5) is 37.3. The Morgan fingerprint density at radius 2 is 1.70 bits per heavy atom. The molecule has 0 spiro atoms. The molecule has 12 heteroatoms. The van der Waals surface area contributed by atoms with Gasteiger partial charge in [-0.25, -0.2) is 15.0 Å². The third-order valence-corrected chi connectivity index (χ3v) is 6.79. The van der Waals surface area contributed by atoms with Crippen LogP contribution in [0.4, 0.5) is 4.79 Å². The van der Waals surface area contributed by atoms with Gasteiger partial charge in [-0.2, -0.15) is 5.10 Å². The number of esters is 1. The molecule has 1 aliphatic rings. The summed E-state index contributed by atoms with van der Waals surface area (Å²) >= 11 is 0. The van der Waals surface area contributed by atoms with Gasteiger partial charge in [-0.3, -0.25) is 4.79 Å². The Hall–Kier alpha value is -5.52. The molecule has 0 saturated heterocycles. The van der Waals surface area contributed by atoms with Crippen molar-refractivity contribution >= 4 is 24.1 Å². The molecular weight excluding hydrogens is 592 g/mol. The third-order valence-electron chi connectivity index (χ3n) is 6.79.